The molecule has 1 aliphatic rings. The number of amides is 1. The molecule has 0 atom stereocenters. The molecular weight excluding hydrogens is 354 g/mol. The topological polar surface area (TPSA) is 77.6 Å². The van der Waals surface area contributed by atoms with Gasteiger partial charge < -0.3 is 14.1 Å². The first-order valence-electron chi connectivity index (χ1n) is 8.45. The van der Waals surface area contributed by atoms with E-state index in [-0.39, 0.29) is 12.1 Å². The average Bonchev–Trinajstić information content (AvgIpc) is 3.08. The largest absolute Gasteiger partial charge is 0.467 e. The van der Waals surface area contributed by atoms with Crippen LogP contribution in [0.15, 0.2) is 32.8 Å². The van der Waals surface area contributed by atoms with E-state index in [9.17, 15) is 9.59 Å². The van der Waals surface area contributed by atoms with Crippen molar-refractivity contribution in [2.24, 2.45) is 0 Å². The van der Waals surface area contributed by atoms with E-state index >= 15 is 0 Å². The first-order valence-corrected chi connectivity index (χ1v) is 9.68. The van der Waals surface area contributed by atoms with E-state index in [0.29, 0.717) is 36.0 Å². The van der Waals surface area contributed by atoms with Gasteiger partial charge in [-0.15, -0.1) is 0 Å². The second-order valence-corrected chi connectivity index (χ2v) is 7.92. The highest BCUT2D eigenvalue weighted by Crippen LogP contribution is 2.21. The summed E-state index contributed by atoms with van der Waals surface area (Å²) in [5, 5.41) is 0.649. The van der Waals surface area contributed by atoms with Crippen LogP contribution in [0.25, 0.3) is 0 Å². The zero-order chi connectivity index (χ0) is 18.9. The summed E-state index contributed by atoms with van der Waals surface area (Å²) >= 11 is 1.42. The Morgan fingerprint density at radius 2 is 2.19 bits per heavy atom. The summed E-state index contributed by atoms with van der Waals surface area (Å²) < 4.78 is 12.4. The van der Waals surface area contributed by atoms with Gasteiger partial charge in [0.25, 0.3) is 5.56 Å². The van der Waals surface area contributed by atoms with Crippen molar-refractivity contribution in [3.05, 3.63) is 45.8 Å². The standard InChI is InChI=1S/C18H23N3O4S/c1-18(2,3)25-17(23)20-8-7-14-13(11-20)15(22)21(16(19-14)26-4)10-12-6-5-9-24-12/h5-6,9H,7-8,10-11H2,1-4H3. The molecule has 1 amide bonds. The molecule has 0 radical (unpaired) electrons. The quantitative estimate of drug-likeness (QED) is 0.605. The predicted octanol–water partition coefficient (Wildman–Crippen LogP) is 2.90. The van der Waals surface area contributed by atoms with Crippen LogP contribution in [0.2, 0.25) is 0 Å². The van der Waals surface area contributed by atoms with Gasteiger partial charge >= 0.3 is 6.09 Å². The van der Waals surface area contributed by atoms with Crippen LogP contribution in [-0.2, 0) is 24.2 Å². The number of fused-ring (bicyclic) bond motifs is 1. The molecule has 1 aliphatic heterocycles. The van der Waals surface area contributed by atoms with E-state index in [4.69, 9.17) is 9.15 Å². The van der Waals surface area contributed by atoms with Crippen LogP contribution in [0.1, 0.15) is 37.8 Å². The number of carbonyl (C=O) groups is 1. The Labute approximate surface area is 156 Å². The van der Waals surface area contributed by atoms with Crippen LogP contribution in [-0.4, -0.2) is 38.9 Å². The molecule has 0 spiro atoms. The van der Waals surface area contributed by atoms with Crippen LogP contribution in [0, 0.1) is 0 Å². The Kier molecular flexibility index (Phi) is 5.13. The maximum absolute atomic E-state index is 13.1. The molecule has 0 saturated heterocycles. The van der Waals surface area contributed by atoms with Crippen LogP contribution in [0.5, 0.6) is 0 Å². The number of nitrogens with zero attached hydrogens (tertiary/aromatic N) is 3. The lowest BCUT2D eigenvalue weighted by Crippen LogP contribution is -2.43. The van der Waals surface area contributed by atoms with Crippen molar-refractivity contribution >= 4 is 17.9 Å². The van der Waals surface area contributed by atoms with E-state index in [0.717, 1.165) is 5.69 Å². The van der Waals surface area contributed by atoms with Crippen LogP contribution >= 0.6 is 11.8 Å². The van der Waals surface area contributed by atoms with E-state index in [1.807, 2.05) is 33.1 Å². The third kappa shape index (κ3) is 3.95. The van der Waals surface area contributed by atoms with Gasteiger partial charge in [0.05, 0.1) is 30.6 Å². The molecule has 140 valence electrons. The Morgan fingerprint density at radius 3 is 2.81 bits per heavy atom. The molecular formula is C18H23N3O4S. The summed E-state index contributed by atoms with van der Waals surface area (Å²) in [7, 11) is 0. The van der Waals surface area contributed by atoms with Gasteiger partial charge in [0.2, 0.25) is 0 Å². The van der Waals surface area contributed by atoms with E-state index in [2.05, 4.69) is 4.98 Å². The van der Waals surface area contributed by atoms with Gasteiger partial charge in [-0.05, 0) is 39.2 Å². The fraction of sp³-hybridized carbons (Fsp3) is 0.500. The second-order valence-electron chi connectivity index (χ2n) is 7.15. The highest BCUT2D eigenvalue weighted by atomic mass is 32.2. The molecule has 0 unspecified atom stereocenters. The summed E-state index contributed by atoms with van der Waals surface area (Å²) in [6, 6.07) is 3.61. The molecule has 0 bridgehead atoms. The molecule has 2 aromatic heterocycles. The van der Waals surface area contributed by atoms with Crippen LogP contribution in [0.3, 0.4) is 0 Å². The fourth-order valence-corrected chi connectivity index (χ4v) is 3.40. The lowest BCUT2D eigenvalue weighted by atomic mass is 10.1. The highest BCUT2D eigenvalue weighted by molar-refractivity contribution is 7.98. The first kappa shape index (κ1) is 18.6. The summed E-state index contributed by atoms with van der Waals surface area (Å²) in [6.07, 6.45) is 3.60. The number of ether oxygens (including phenoxy) is 1. The zero-order valence-corrected chi connectivity index (χ0v) is 16.3. The molecule has 0 aromatic carbocycles. The molecule has 8 heteroatoms. The van der Waals surface area contributed by atoms with Gasteiger partial charge in [-0.2, -0.15) is 0 Å². The van der Waals surface area contributed by atoms with Gasteiger partial charge in [-0.3, -0.25) is 9.36 Å². The Hall–Kier alpha value is -2.22. The van der Waals surface area contributed by atoms with Crippen molar-refractivity contribution in [2.45, 2.75) is 51.0 Å². The van der Waals surface area contributed by atoms with Crippen molar-refractivity contribution in [1.82, 2.24) is 14.5 Å². The molecule has 3 rings (SSSR count). The van der Waals surface area contributed by atoms with Gasteiger partial charge in [-0.25, -0.2) is 9.78 Å². The number of rotatable bonds is 3. The Bertz CT molecular complexity index is 853. The minimum Gasteiger partial charge on any atom is -0.467 e. The van der Waals surface area contributed by atoms with Crippen molar-refractivity contribution in [3.8, 4) is 0 Å². The van der Waals surface area contributed by atoms with E-state index < -0.39 is 11.7 Å². The van der Waals surface area contributed by atoms with Crippen LogP contribution < -0.4 is 5.56 Å². The molecule has 0 N–H and O–H groups in total. The van der Waals surface area contributed by atoms with Gasteiger partial charge in [0.1, 0.15) is 11.4 Å². The molecule has 0 saturated carbocycles. The number of hydrogen-bond acceptors (Lipinski definition) is 6. The zero-order valence-electron chi connectivity index (χ0n) is 15.4. The van der Waals surface area contributed by atoms with Crippen molar-refractivity contribution in [1.29, 1.82) is 0 Å². The van der Waals surface area contributed by atoms with E-state index in [1.54, 1.807) is 21.8 Å². The number of thioether (sulfide) groups is 1. The number of aromatic nitrogens is 2. The normalized spacial score (nSPS) is 14.2. The third-order valence-electron chi connectivity index (χ3n) is 4.01. The fourth-order valence-electron chi connectivity index (χ4n) is 2.83. The second kappa shape index (κ2) is 7.19. The molecule has 0 fully saturated rings. The molecule has 0 aliphatic carbocycles. The lowest BCUT2D eigenvalue weighted by Gasteiger charge is -2.31. The molecule has 3 heterocycles. The van der Waals surface area contributed by atoms with Crippen LogP contribution in [0.4, 0.5) is 4.79 Å². The van der Waals surface area contributed by atoms with E-state index in [1.165, 1.54) is 11.8 Å². The van der Waals surface area contributed by atoms with Gasteiger partial charge in [0, 0.05) is 13.0 Å². The number of furan rings is 1. The summed E-state index contributed by atoms with van der Waals surface area (Å²) in [6.45, 7) is 6.49. The summed E-state index contributed by atoms with van der Waals surface area (Å²) in [5.41, 5.74) is 0.600. The van der Waals surface area contributed by atoms with Crippen molar-refractivity contribution < 1.29 is 13.9 Å². The minimum atomic E-state index is -0.572. The highest BCUT2D eigenvalue weighted by Gasteiger charge is 2.29. The smallest absolute Gasteiger partial charge is 0.410 e. The summed E-state index contributed by atoms with van der Waals surface area (Å²) in [4.78, 5) is 31.6. The predicted molar refractivity (Wildman–Crippen MR) is 98.4 cm³/mol. The average molecular weight is 377 g/mol. The minimum absolute atomic E-state index is 0.135. The first-order chi connectivity index (χ1) is 12.3. The SMILES string of the molecule is CSc1nc2c(c(=O)n1Cc1ccco1)CN(C(=O)OC(C)(C)C)CC2. The van der Waals surface area contributed by atoms with Gasteiger partial charge in [0.15, 0.2) is 5.16 Å². The third-order valence-corrected chi connectivity index (χ3v) is 4.69. The van der Waals surface area contributed by atoms with Gasteiger partial charge in [-0.1, -0.05) is 11.8 Å². The number of hydrogen-bond donors (Lipinski definition) is 0. The molecule has 7 nitrogen and oxygen atoms in total. The number of carbonyl (C=O) groups excluding carboxylic acids is 1. The monoisotopic (exact) mass is 377 g/mol. The lowest BCUT2D eigenvalue weighted by molar-refractivity contribution is 0.0221. The maximum atomic E-state index is 13.1. The maximum Gasteiger partial charge on any atom is 0.410 e. The molecule has 2 aromatic rings. The Balaban J connectivity index is 1.92. The summed E-state index contributed by atoms with van der Waals surface area (Å²) in [5.74, 6) is 0.684. The van der Waals surface area contributed by atoms with Crippen molar-refractivity contribution in [3.63, 3.8) is 0 Å². The Morgan fingerprint density at radius 1 is 1.42 bits per heavy atom. The van der Waals surface area contributed by atoms with Crippen molar-refractivity contribution in [2.75, 3.05) is 12.8 Å². The molecule has 26 heavy (non-hydrogen) atoms.